The van der Waals surface area contributed by atoms with Crippen molar-refractivity contribution in [3.63, 3.8) is 0 Å². The van der Waals surface area contributed by atoms with E-state index in [1.54, 1.807) is 7.11 Å². The minimum absolute atomic E-state index is 0.0777. The number of hydrogen-bond acceptors (Lipinski definition) is 3. The highest BCUT2D eigenvalue weighted by Crippen LogP contribution is 2.18. The van der Waals surface area contributed by atoms with E-state index in [-0.39, 0.29) is 11.9 Å². The van der Waals surface area contributed by atoms with Crippen molar-refractivity contribution in [1.29, 1.82) is 0 Å². The summed E-state index contributed by atoms with van der Waals surface area (Å²) in [5, 5.41) is 6.15. The lowest BCUT2D eigenvalue weighted by molar-refractivity contribution is -0.116. The molecule has 1 unspecified atom stereocenters. The molecule has 0 aliphatic carbocycles. The minimum Gasteiger partial charge on any atom is -0.497 e. The monoisotopic (exact) mass is 298 g/mol. The van der Waals surface area contributed by atoms with Crippen molar-refractivity contribution in [1.82, 2.24) is 0 Å². The Balaban J connectivity index is 2.00. The molecule has 0 heterocycles. The molecule has 2 rings (SSSR count). The Morgan fingerprint density at radius 1 is 1.09 bits per heavy atom. The van der Waals surface area contributed by atoms with Gasteiger partial charge in [0, 0.05) is 11.4 Å². The fraction of sp³-hybridized carbons (Fsp3) is 0.278. The van der Waals surface area contributed by atoms with Crippen LogP contribution in [0.5, 0.6) is 5.75 Å². The maximum Gasteiger partial charge on any atom is 0.246 e. The Bertz CT molecular complexity index is 651. The molecule has 2 N–H and O–H groups in total. The van der Waals surface area contributed by atoms with Crippen LogP contribution in [-0.4, -0.2) is 19.1 Å². The van der Waals surface area contributed by atoms with Crippen molar-refractivity contribution < 1.29 is 9.53 Å². The van der Waals surface area contributed by atoms with E-state index < -0.39 is 0 Å². The molecule has 0 radical (unpaired) electrons. The van der Waals surface area contributed by atoms with Crippen molar-refractivity contribution >= 4 is 17.3 Å². The van der Waals surface area contributed by atoms with E-state index in [0.29, 0.717) is 0 Å². The minimum atomic E-state index is -0.331. The van der Waals surface area contributed by atoms with Gasteiger partial charge in [-0.2, -0.15) is 0 Å². The molecule has 0 aromatic heterocycles. The maximum absolute atomic E-state index is 12.3. The van der Waals surface area contributed by atoms with Crippen molar-refractivity contribution in [2.75, 3.05) is 17.7 Å². The number of rotatable bonds is 5. The molecule has 2 aromatic carbocycles. The summed E-state index contributed by atoms with van der Waals surface area (Å²) in [5.74, 6) is 0.686. The number of hydrogen-bond donors (Lipinski definition) is 2. The van der Waals surface area contributed by atoms with E-state index >= 15 is 0 Å². The topological polar surface area (TPSA) is 50.4 Å². The highest BCUT2D eigenvalue weighted by atomic mass is 16.5. The standard InChI is InChI=1S/C18H22N2O2/c1-12-5-6-13(2)17(11-12)19-14(3)18(21)20-15-7-9-16(22-4)10-8-15/h5-11,14,19H,1-4H3,(H,20,21). The Kier molecular flexibility index (Phi) is 5.04. The third-order valence-electron chi connectivity index (χ3n) is 3.52. The van der Waals surface area contributed by atoms with Crippen LogP contribution in [0, 0.1) is 13.8 Å². The average Bonchev–Trinajstić information content (AvgIpc) is 2.51. The van der Waals surface area contributed by atoms with E-state index in [9.17, 15) is 4.79 Å². The third-order valence-corrected chi connectivity index (χ3v) is 3.52. The van der Waals surface area contributed by atoms with Gasteiger partial charge in [-0.05, 0) is 62.2 Å². The summed E-state index contributed by atoms with van der Waals surface area (Å²) in [6.07, 6.45) is 0. The summed E-state index contributed by atoms with van der Waals surface area (Å²) in [4.78, 5) is 12.3. The van der Waals surface area contributed by atoms with Gasteiger partial charge in [-0.15, -0.1) is 0 Å². The summed E-state index contributed by atoms with van der Waals surface area (Å²) in [5.41, 5.74) is 4.02. The number of carbonyl (C=O) groups is 1. The Labute approximate surface area is 131 Å². The molecule has 0 aliphatic rings. The molecule has 0 aliphatic heterocycles. The zero-order valence-electron chi connectivity index (χ0n) is 13.4. The molecule has 0 fully saturated rings. The zero-order valence-corrected chi connectivity index (χ0v) is 13.4. The van der Waals surface area contributed by atoms with E-state index in [1.165, 1.54) is 0 Å². The fourth-order valence-electron chi connectivity index (χ4n) is 2.12. The van der Waals surface area contributed by atoms with Crippen LogP contribution >= 0.6 is 0 Å². The summed E-state index contributed by atoms with van der Waals surface area (Å²) < 4.78 is 5.10. The highest BCUT2D eigenvalue weighted by Gasteiger charge is 2.13. The van der Waals surface area contributed by atoms with Crippen LogP contribution < -0.4 is 15.4 Å². The second-order valence-corrected chi connectivity index (χ2v) is 5.40. The van der Waals surface area contributed by atoms with Gasteiger partial charge in [0.1, 0.15) is 11.8 Å². The summed E-state index contributed by atoms with van der Waals surface area (Å²) in [7, 11) is 1.61. The predicted molar refractivity (Wildman–Crippen MR) is 90.6 cm³/mol. The van der Waals surface area contributed by atoms with Gasteiger partial charge in [-0.25, -0.2) is 0 Å². The number of anilines is 2. The molecule has 1 amide bonds. The second kappa shape index (κ2) is 6.98. The first-order chi connectivity index (χ1) is 10.5. The van der Waals surface area contributed by atoms with Crippen molar-refractivity contribution in [2.45, 2.75) is 26.8 Å². The average molecular weight is 298 g/mol. The van der Waals surface area contributed by atoms with Gasteiger partial charge in [0.15, 0.2) is 0 Å². The number of amides is 1. The molecule has 4 nitrogen and oxygen atoms in total. The smallest absolute Gasteiger partial charge is 0.246 e. The van der Waals surface area contributed by atoms with Crippen LogP contribution in [0.15, 0.2) is 42.5 Å². The maximum atomic E-state index is 12.3. The molecule has 0 saturated carbocycles. The number of aryl methyl sites for hydroxylation is 2. The van der Waals surface area contributed by atoms with Gasteiger partial charge < -0.3 is 15.4 Å². The van der Waals surface area contributed by atoms with Crippen LogP contribution in [0.1, 0.15) is 18.1 Å². The number of carbonyl (C=O) groups excluding carboxylic acids is 1. The first-order valence-corrected chi connectivity index (χ1v) is 7.28. The molecule has 116 valence electrons. The fourth-order valence-corrected chi connectivity index (χ4v) is 2.12. The number of nitrogens with one attached hydrogen (secondary N) is 2. The summed E-state index contributed by atoms with van der Waals surface area (Å²) in [6, 6.07) is 13.1. The lowest BCUT2D eigenvalue weighted by atomic mass is 10.1. The van der Waals surface area contributed by atoms with Crippen LogP contribution in [0.2, 0.25) is 0 Å². The first kappa shape index (κ1) is 15.9. The van der Waals surface area contributed by atoms with Gasteiger partial charge in [-0.1, -0.05) is 12.1 Å². The molecule has 1 atom stereocenters. The summed E-state index contributed by atoms with van der Waals surface area (Å²) >= 11 is 0. The quantitative estimate of drug-likeness (QED) is 0.884. The SMILES string of the molecule is COc1ccc(NC(=O)C(C)Nc2cc(C)ccc2C)cc1. The molecule has 0 saturated heterocycles. The van der Waals surface area contributed by atoms with Gasteiger partial charge in [0.2, 0.25) is 5.91 Å². The highest BCUT2D eigenvalue weighted by molar-refractivity contribution is 5.96. The van der Waals surface area contributed by atoms with Gasteiger partial charge >= 0.3 is 0 Å². The summed E-state index contributed by atoms with van der Waals surface area (Å²) in [6.45, 7) is 5.91. The zero-order chi connectivity index (χ0) is 16.1. The molecule has 4 heteroatoms. The van der Waals surface area contributed by atoms with Crippen molar-refractivity contribution in [3.05, 3.63) is 53.6 Å². The van der Waals surface area contributed by atoms with E-state index in [0.717, 1.165) is 28.3 Å². The predicted octanol–water partition coefficient (Wildman–Crippen LogP) is 3.75. The number of benzene rings is 2. The van der Waals surface area contributed by atoms with Gasteiger partial charge in [0.05, 0.1) is 7.11 Å². The van der Waals surface area contributed by atoms with Crippen LogP contribution in [0.3, 0.4) is 0 Å². The number of methoxy groups -OCH3 is 1. The van der Waals surface area contributed by atoms with Crippen LogP contribution in [0.4, 0.5) is 11.4 Å². The van der Waals surface area contributed by atoms with Crippen LogP contribution in [-0.2, 0) is 4.79 Å². The first-order valence-electron chi connectivity index (χ1n) is 7.28. The van der Waals surface area contributed by atoms with Crippen molar-refractivity contribution in [2.24, 2.45) is 0 Å². The lowest BCUT2D eigenvalue weighted by Gasteiger charge is -2.17. The third kappa shape index (κ3) is 4.01. The van der Waals surface area contributed by atoms with Gasteiger partial charge in [-0.3, -0.25) is 4.79 Å². The van der Waals surface area contributed by atoms with E-state index in [1.807, 2.05) is 57.2 Å². The Hall–Kier alpha value is -2.49. The Morgan fingerprint density at radius 2 is 1.77 bits per heavy atom. The van der Waals surface area contributed by atoms with Crippen LogP contribution in [0.25, 0.3) is 0 Å². The van der Waals surface area contributed by atoms with E-state index in [4.69, 9.17) is 4.74 Å². The molecule has 2 aromatic rings. The molecular weight excluding hydrogens is 276 g/mol. The Morgan fingerprint density at radius 3 is 2.41 bits per heavy atom. The van der Waals surface area contributed by atoms with Gasteiger partial charge in [0.25, 0.3) is 0 Å². The largest absolute Gasteiger partial charge is 0.497 e. The second-order valence-electron chi connectivity index (χ2n) is 5.40. The lowest BCUT2D eigenvalue weighted by Crippen LogP contribution is -2.32. The molecule has 0 bridgehead atoms. The van der Waals surface area contributed by atoms with Crippen molar-refractivity contribution in [3.8, 4) is 5.75 Å². The molecule has 0 spiro atoms. The molecule has 22 heavy (non-hydrogen) atoms. The number of ether oxygens (including phenoxy) is 1. The normalized spacial score (nSPS) is 11.6. The molecular formula is C18H22N2O2. The van der Waals surface area contributed by atoms with E-state index in [2.05, 4.69) is 16.7 Å².